The molecule has 0 N–H and O–H groups in total. The summed E-state index contributed by atoms with van der Waals surface area (Å²) in [5, 5.41) is 19.7. The van der Waals surface area contributed by atoms with Gasteiger partial charge in [-0.1, -0.05) is 0 Å². The molecule has 0 radical (unpaired) electrons. The Balaban J connectivity index is 3.17. The maximum atomic E-state index is 11.3. The third kappa shape index (κ3) is 3.40. The lowest BCUT2D eigenvalue weighted by atomic mass is 10.0. The summed E-state index contributed by atoms with van der Waals surface area (Å²) in [7, 11) is 0. The van der Waals surface area contributed by atoms with Crippen molar-refractivity contribution in [2.24, 2.45) is 0 Å². The molecular weight excluding hydrogens is 351 g/mol. The molecular formula is C11H9IN2O4. The van der Waals surface area contributed by atoms with Crippen LogP contribution in [0.2, 0.25) is 0 Å². The van der Waals surface area contributed by atoms with Crippen molar-refractivity contribution in [3.8, 4) is 6.07 Å². The first-order chi connectivity index (χ1) is 8.49. The first-order valence-electron chi connectivity index (χ1n) is 5.02. The van der Waals surface area contributed by atoms with Crippen LogP contribution >= 0.6 is 22.6 Å². The maximum absolute atomic E-state index is 11.3. The van der Waals surface area contributed by atoms with Crippen LogP contribution < -0.4 is 0 Å². The normalized spacial score (nSPS) is 9.61. The van der Waals surface area contributed by atoms with Gasteiger partial charge in [-0.25, -0.2) is 0 Å². The molecule has 0 aliphatic heterocycles. The van der Waals surface area contributed by atoms with Gasteiger partial charge in [0.2, 0.25) is 0 Å². The SMILES string of the molecule is CCOC(=O)Cc1cc([N+](=O)[O-])c(I)cc1C#N. The van der Waals surface area contributed by atoms with Crippen LogP contribution in [0, 0.1) is 25.0 Å². The Bertz CT molecular complexity index is 537. The Kier molecular flexibility index (Phi) is 5.03. The molecule has 0 saturated carbocycles. The van der Waals surface area contributed by atoms with Gasteiger partial charge in [0.05, 0.1) is 33.2 Å². The molecule has 0 atom stereocenters. The summed E-state index contributed by atoms with van der Waals surface area (Å²) in [6, 6.07) is 4.56. The number of hydrogen-bond acceptors (Lipinski definition) is 5. The lowest BCUT2D eigenvalue weighted by Crippen LogP contribution is -2.09. The molecule has 7 heteroatoms. The zero-order chi connectivity index (χ0) is 13.7. The number of benzene rings is 1. The fourth-order valence-electron chi connectivity index (χ4n) is 1.36. The van der Waals surface area contributed by atoms with Gasteiger partial charge in [-0.15, -0.1) is 0 Å². The predicted octanol–water partition coefficient (Wildman–Crippen LogP) is 2.18. The smallest absolute Gasteiger partial charge is 0.310 e. The van der Waals surface area contributed by atoms with Crippen LogP contribution in [0.25, 0.3) is 0 Å². The Morgan fingerprint density at radius 1 is 1.61 bits per heavy atom. The van der Waals surface area contributed by atoms with E-state index in [0.29, 0.717) is 9.13 Å². The second-order valence-corrected chi connectivity index (χ2v) is 4.47. The molecule has 0 heterocycles. The minimum absolute atomic E-state index is 0.117. The van der Waals surface area contributed by atoms with E-state index in [1.807, 2.05) is 6.07 Å². The Morgan fingerprint density at radius 2 is 2.28 bits per heavy atom. The second-order valence-electron chi connectivity index (χ2n) is 3.31. The number of carbonyl (C=O) groups is 1. The molecule has 0 aromatic heterocycles. The highest BCUT2D eigenvalue weighted by molar-refractivity contribution is 14.1. The molecule has 0 amide bonds. The molecule has 94 valence electrons. The Labute approximate surface area is 117 Å². The quantitative estimate of drug-likeness (QED) is 0.355. The first kappa shape index (κ1) is 14.4. The molecule has 0 bridgehead atoms. The molecule has 0 aliphatic carbocycles. The fourth-order valence-corrected chi connectivity index (χ4v) is 2.03. The van der Waals surface area contributed by atoms with Crippen molar-refractivity contribution in [1.82, 2.24) is 0 Å². The molecule has 0 aliphatic rings. The highest BCUT2D eigenvalue weighted by Crippen LogP contribution is 2.25. The summed E-state index contributed by atoms with van der Waals surface area (Å²) in [6.07, 6.45) is -0.144. The molecule has 6 nitrogen and oxygen atoms in total. The van der Waals surface area contributed by atoms with E-state index in [-0.39, 0.29) is 24.3 Å². The Hall–Kier alpha value is -1.69. The molecule has 1 rings (SSSR count). The number of halogens is 1. The van der Waals surface area contributed by atoms with Gasteiger partial charge in [-0.2, -0.15) is 5.26 Å². The van der Waals surface area contributed by atoms with Crippen molar-refractivity contribution in [2.45, 2.75) is 13.3 Å². The van der Waals surface area contributed by atoms with Crippen LogP contribution in [0.4, 0.5) is 5.69 Å². The number of carbonyl (C=O) groups excluding carboxylic acids is 1. The molecule has 1 aromatic rings. The number of nitro benzene ring substituents is 1. The molecule has 0 spiro atoms. The molecule has 0 saturated heterocycles. The van der Waals surface area contributed by atoms with Gasteiger partial charge >= 0.3 is 5.97 Å². The molecule has 18 heavy (non-hydrogen) atoms. The lowest BCUT2D eigenvalue weighted by Gasteiger charge is -2.05. The van der Waals surface area contributed by atoms with Gasteiger partial charge in [0.15, 0.2) is 0 Å². The first-order valence-corrected chi connectivity index (χ1v) is 6.10. The summed E-state index contributed by atoms with van der Waals surface area (Å²) in [5.41, 5.74) is 0.440. The number of rotatable bonds is 4. The van der Waals surface area contributed by atoms with Gasteiger partial charge in [0.25, 0.3) is 5.69 Å². The van der Waals surface area contributed by atoms with E-state index < -0.39 is 10.9 Å². The highest BCUT2D eigenvalue weighted by Gasteiger charge is 2.18. The molecule has 0 fully saturated rings. The maximum Gasteiger partial charge on any atom is 0.310 e. The predicted molar refractivity (Wildman–Crippen MR) is 70.9 cm³/mol. The van der Waals surface area contributed by atoms with Crippen molar-refractivity contribution < 1.29 is 14.5 Å². The number of nitrogens with zero attached hydrogens (tertiary/aromatic N) is 2. The largest absolute Gasteiger partial charge is 0.466 e. The van der Waals surface area contributed by atoms with Gasteiger partial charge in [-0.3, -0.25) is 14.9 Å². The summed E-state index contributed by atoms with van der Waals surface area (Å²) < 4.78 is 5.12. The highest BCUT2D eigenvalue weighted by atomic mass is 127. The summed E-state index contributed by atoms with van der Waals surface area (Å²) in [6.45, 7) is 1.90. The molecule has 1 aromatic carbocycles. The molecule has 0 unspecified atom stereocenters. The van der Waals surface area contributed by atoms with Crippen LogP contribution in [0.5, 0.6) is 0 Å². The van der Waals surface area contributed by atoms with Crippen LogP contribution in [-0.2, 0) is 16.0 Å². The minimum atomic E-state index is -0.544. The number of nitro groups is 1. The summed E-state index contributed by atoms with van der Waals surface area (Å²) in [5.74, 6) is -0.510. The van der Waals surface area contributed by atoms with Gasteiger partial charge in [-0.05, 0) is 41.1 Å². The van der Waals surface area contributed by atoms with Crippen molar-refractivity contribution in [1.29, 1.82) is 5.26 Å². The van der Waals surface area contributed by atoms with Crippen LogP contribution in [0.15, 0.2) is 12.1 Å². The third-order valence-corrected chi connectivity index (χ3v) is 2.99. The van der Waals surface area contributed by atoms with Crippen molar-refractivity contribution >= 4 is 34.2 Å². The topological polar surface area (TPSA) is 93.2 Å². The van der Waals surface area contributed by atoms with Gasteiger partial charge in [0, 0.05) is 6.07 Å². The fraction of sp³-hybridized carbons (Fsp3) is 0.273. The number of nitriles is 1. The van der Waals surface area contributed by atoms with Crippen molar-refractivity contribution in [3.05, 3.63) is 36.9 Å². The monoisotopic (exact) mass is 360 g/mol. The van der Waals surface area contributed by atoms with E-state index in [9.17, 15) is 14.9 Å². The van der Waals surface area contributed by atoms with Crippen molar-refractivity contribution in [3.63, 3.8) is 0 Å². The van der Waals surface area contributed by atoms with Gasteiger partial charge in [0.1, 0.15) is 0 Å². The van der Waals surface area contributed by atoms with E-state index in [0.717, 1.165) is 0 Å². The zero-order valence-corrected chi connectivity index (χ0v) is 11.6. The van der Waals surface area contributed by atoms with E-state index in [2.05, 4.69) is 0 Å². The number of ether oxygens (including phenoxy) is 1. The number of esters is 1. The van der Waals surface area contributed by atoms with E-state index in [1.165, 1.54) is 12.1 Å². The summed E-state index contributed by atoms with van der Waals surface area (Å²) in [4.78, 5) is 21.6. The minimum Gasteiger partial charge on any atom is -0.466 e. The Morgan fingerprint density at radius 3 is 2.78 bits per heavy atom. The van der Waals surface area contributed by atoms with E-state index >= 15 is 0 Å². The average Bonchev–Trinajstić information content (AvgIpc) is 2.30. The van der Waals surface area contributed by atoms with Crippen molar-refractivity contribution in [2.75, 3.05) is 6.61 Å². The second kappa shape index (κ2) is 6.30. The number of hydrogen-bond donors (Lipinski definition) is 0. The van der Waals surface area contributed by atoms with Crippen LogP contribution in [0.3, 0.4) is 0 Å². The third-order valence-electron chi connectivity index (χ3n) is 2.13. The van der Waals surface area contributed by atoms with E-state index in [1.54, 1.807) is 29.5 Å². The average molecular weight is 360 g/mol. The summed E-state index contributed by atoms with van der Waals surface area (Å²) >= 11 is 1.78. The van der Waals surface area contributed by atoms with Crippen LogP contribution in [-0.4, -0.2) is 17.5 Å². The zero-order valence-electron chi connectivity index (χ0n) is 9.47. The van der Waals surface area contributed by atoms with Crippen LogP contribution in [0.1, 0.15) is 18.1 Å². The van der Waals surface area contributed by atoms with E-state index in [4.69, 9.17) is 10.00 Å². The standard InChI is InChI=1S/C11H9IN2O4/c1-2-18-11(15)5-7-4-10(14(16)17)9(12)3-8(7)6-13/h3-4H,2,5H2,1H3. The van der Waals surface area contributed by atoms with Gasteiger partial charge < -0.3 is 4.74 Å². The lowest BCUT2D eigenvalue weighted by molar-refractivity contribution is -0.385.